The molecule has 300 valence electrons. The summed E-state index contributed by atoms with van der Waals surface area (Å²) in [6.07, 6.45) is 8.84. The molecule has 16 heteroatoms. The quantitative estimate of drug-likeness (QED) is 0.162. The van der Waals surface area contributed by atoms with Gasteiger partial charge in [-0.1, -0.05) is 53.4 Å². The van der Waals surface area contributed by atoms with Crippen LogP contribution in [0.3, 0.4) is 0 Å². The smallest absolute Gasteiger partial charge is 0.410 e. The lowest BCUT2D eigenvalue weighted by atomic mass is 9.82. The number of rotatable bonds is 14. The molecule has 54 heavy (non-hydrogen) atoms. The third kappa shape index (κ3) is 12.1. The summed E-state index contributed by atoms with van der Waals surface area (Å²) in [6, 6.07) is -3.83. The van der Waals surface area contributed by atoms with Crippen LogP contribution in [0.25, 0.3) is 0 Å². The zero-order valence-electron chi connectivity index (χ0n) is 32.8. The molecule has 3 aliphatic rings. The number of carbonyl (C=O) groups is 6. The van der Waals surface area contributed by atoms with Gasteiger partial charge in [0.25, 0.3) is 11.8 Å². The van der Waals surface area contributed by atoms with Gasteiger partial charge in [-0.15, -0.1) is 0 Å². The van der Waals surface area contributed by atoms with Crippen molar-refractivity contribution in [3.05, 3.63) is 24.3 Å². The zero-order chi connectivity index (χ0) is 39.8. The van der Waals surface area contributed by atoms with Gasteiger partial charge in [-0.2, -0.15) is 0 Å². The van der Waals surface area contributed by atoms with Crippen molar-refractivity contribution in [1.82, 2.24) is 41.5 Å². The summed E-state index contributed by atoms with van der Waals surface area (Å²) < 4.78 is 5.59. The first-order valence-electron chi connectivity index (χ1n) is 19.3. The minimum absolute atomic E-state index is 0.0191. The Labute approximate surface area is 318 Å². The van der Waals surface area contributed by atoms with Crippen LogP contribution in [0.15, 0.2) is 18.6 Å². The lowest BCUT2D eigenvalue weighted by molar-refractivity contribution is -0.135. The molecule has 1 aromatic rings. The number of carbonyl (C=O) groups excluding carboxylic acids is 6. The summed E-state index contributed by atoms with van der Waals surface area (Å²) in [6.45, 7) is 12.3. The van der Waals surface area contributed by atoms with Gasteiger partial charge in [-0.25, -0.2) is 9.78 Å². The number of ether oxygens (including phenoxy) is 1. The molecule has 1 aromatic heterocycles. The van der Waals surface area contributed by atoms with Crippen LogP contribution in [0.5, 0.6) is 0 Å². The van der Waals surface area contributed by atoms with E-state index in [1.165, 1.54) is 23.5 Å². The Balaban J connectivity index is 1.55. The van der Waals surface area contributed by atoms with Gasteiger partial charge >= 0.3 is 6.09 Å². The van der Waals surface area contributed by atoms with Crippen LogP contribution in [0.2, 0.25) is 0 Å². The van der Waals surface area contributed by atoms with Gasteiger partial charge in [0.1, 0.15) is 23.4 Å². The Bertz CT molecular complexity index is 1490. The molecule has 0 spiro atoms. The van der Waals surface area contributed by atoms with E-state index >= 15 is 0 Å². The second-order valence-corrected chi connectivity index (χ2v) is 17.0. The highest BCUT2D eigenvalue weighted by molar-refractivity contribution is 5.97. The van der Waals surface area contributed by atoms with Gasteiger partial charge < -0.3 is 41.3 Å². The average Bonchev–Trinajstić information content (AvgIpc) is 3.83. The summed E-state index contributed by atoms with van der Waals surface area (Å²) in [5, 5.41) is 25.2. The Morgan fingerprint density at radius 2 is 1.56 bits per heavy atom. The second kappa shape index (κ2) is 18.3. The Morgan fingerprint density at radius 3 is 2.13 bits per heavy atom. The number of aliphatic hydroxyl groups is 1. The minimum Gasteiger partial charge on any atom is -0.444 e. The fourth-order valence-corrected chi connectivity index (χ4v) is 6.97. The maximum Gasteiger partial charge on any atom is 0.410 e. The van der Waals surface area contributed by atoms with E-state index < -0.39 is 82.8 Å². The standard InChI is InChI=1S/C38H60N8O8/c1-8-12-25(29(47)34(51)41-23-15-16-23)42-31(48)24-20-46(36(53)54-38(5,6)7)21-27(24)43-35(52)30(37(2,3)4)45-33(50)28(22-13-10-9-11-14-22)44-32(49)26-19-39-17-18-40-26/h17-19,22-25,27-30,47H,8-16,20-21H2,1-7H3,(H,41,51)(H,42,48)(H,43,52)(H,44,49)(H,45,50)/t24?,25?,27-,28-,29?,30?/m0/s1. The van der Waals surface area contributed by atoms with Crippen molar-refractivity contribution in [1.29, 1.82) is 0 Å². The van der Waals surface area contributed by atoms with E-state index in [0.29, 0.717) is 12.8 Å². The molecule has 1 saturated heterocycles. The van der Waals surface area contributed by atoms with Crippen molar-refractivity contribution in [3.8, 4) is 0 Å². The molecule has 6 amide bonds. The first-order valence-corrected chi connectivity index (χ1v) is 19.3. The monoisotopic (exact) mass is 756 g/mol. The van der Waals surface area contributed by atoms with E-state index in [0.717, 1.165) is 44.9 Å². The fourth-order valence-electron chi connectivity index (χ4n) is 6.97. The lowest BCUT2D eigenvalue weighted by Crippen LogP contribution is -2.61. The van der Waals surface area contributed by atoms with E-state index in [-0.39, 0.29) is 30.7 Å². The van der Waals surface area contributed by atoms with Crippen LogP contribution in [0.4, 0.5) is 4.79 Å². The fraction of sp³-hybridized carbons (Fsp3) is 0.737. The van der Waals surface area contributed by atoms with Crippen LogP contribution in [0, 0.1) is 17.3 Å². The number of aliphatic hydroxyl groups excluding tert-OH is 1. The number of nitrogens with zero attached hydrogens (tertiary/aromatic N) is 3. The van der Waals surface area contributed by atoms with Crippen molar-refractivity contribution in [2.24, 2.45) is 17.3 Å². The number of likely N-dealkylation sites (tertiary alicyclic amines) is 1. The van der Waals surface area contributed by atoms with Gasteiger partial charge in [-0.3, -0.25) is 29.0 Å². The summed E-state index contributed by atoms with van der Waals surface area (Å²) in [5.74, 6) is -3.91. The highest BCUT2D eigenvalue weighted by Crippen LogP contribution is 2.29. The van der Waals surface area contributed by atoms with Crippen LogP contribution >= 0.6 is 0 Å². The second-order valence-electron chi connectivity index (χ2n) is 17.0. The maximum atomic E-state index is 14.2. The van der Waals surface area contributed by atoms with Gasteiger partial charge in [0, 0.05) is 31.5 Å². The Morgan fingerprint density at radius 1 is 0.870 bits per heavy atom. The SMILES string of the molecule is CCCC(NC(=O)C1CN(C(=O)OC(C)(C)C)C[C@@H]1NC(=O)C(NC(=O)[C@@H](NC(=O)c1cnccn1)C1CCCCC1)C(C)(C)C)C(O)C(=O)NC1CC1. The van der Waals surface area contributed by atoms with Crippen LogP contribution < -0.4 is 26.6 Å². The topological polar surface area (TPSA) is 221 Å². The van der Waals surface area contributed by atoms with Crippen molar-refractivity contribution in [2.75, 3.05) is 13.1 Å². The predicted molar refractivity (Wildman–Crippen MR) is 198 cm³/mol. The van der Waals surface area contributed by atoms with E-state index in [1.54, 1.807) is 41.5 Å². The summed E-state index contributed by atoms with van der Waals surface area (Å²) in [7, 11) is 0. The largest absolute Gasteiger partial charge is 0.444 e. The first kappa shape index (κ1) is 42.4. The van der Waals surface area contributed by atoms with E-state index in [1.807, 2.05) is 6.92 Å². The van der Waals surface area contributed by atoms with E-state index in [9.17, 15) is 33.9 Å². The van der Waals surface area contributed by atoms with Gasteiger partial charge in [0.05, 0.1) is 24.2 Å². The first-order chi connectivity index (χ1) is 25.4. The Kier molecular flexibility index (Phi) is 14.4. The number of nitrogens with one attached hydrogen (secondary N) is 5. The maximum absolute atomic E-state index is 14.2. The van der Waals surface area contributed by atoms with Crippen molar-refractivity contribution >= 4 is 35.6 Å². The number of hydrogen-bond donors (Lipinski definition) is 6. The molecule has 4 rings (SSSR count). The molecule has 0 bridgehead atoms. The molecular formula is C38H60N8O8. The molecule has 3 fully saturated rings. The van der Waals surface area contributed by atoms with Crippen molar-refractivity contribution in [2.45, 2.75) is 148 Å². The molecule has 1 aliphatic heterocycles. The van der Waals surface area contributed by atoms with E-state index in [2.05, 4.69) is 36.6 Å². The van der Waals surface area contributed by atoms with Crippen LogP contribution in [-0.2, 0) is 23.9 Å². The highest BCUT2D eigenvalue weighted by Gasteiger charge is 2.45. The molecule has 2 aliphatic carbocycles. The van der Waals surface area contributed by atoms with Gasteiger partial charge in [-0.05, 0) is 64.2 Å². The molecule has 0 aromatic carbocycles. The molecule has 16 nitrogen and oxygen atoms in total. The molecular weight excluding hydrogens is 696 g/mol. The normalized spacial score (nSPS) is 21.5. The molecule has 0 radical (unpaired) electrons. The molecule has 4 unspecified atom stereocenters. The van der Waals surface area contributed by atoms with Crippen molar-refractivity contribution in [3.63, 3.8) is 0 Å². The number of hydrogen-bond acceptors (Lipinski definition) is 10. The summed E-state index contributed by atoms with van der Waals surface area (Å²) in [4.78, 5) is 90.8. The average molecular weight is 757 g/mol. The van der Waals surface area contributed by atoms with Crippen LogP contribution in [0.1, 0.15) is 117 Å². The van der Waals surface area contributed by atoms with Gasteiger partial charge in [0.15, 0.2) is 6.10 Å². The molecule has 6 atom stereocenters. The summed E-state index contributed by atoms with van der Waals surface area (Å²) in [5.41, 5.74) is -1.58. The van der Waals surface area contributed by atoms with Crippen molar-refractivity contribution < 1.29 is 38.6 Å². The zero-order valence-corrected chi connectivity index (χ0v) is 32.8. The molecule has 6 N–H and O–H groups in total. The third-order valence-corrected chi connectivity index (χ3v) is 10.0. The van der Waals surface area contributed by atoms with E-state index in [4.69, 9.17) is 4.74 Å². The summed E-state index contributed by atoms with van der Waals surface area (Å²) >= 11 is 0. The highest BCUT2D eigenvalue weighted by atomic mass is 16.6. The number of amides is 6. The number of aromatic nitrogens is 2. The lowest BCUT2D eigenvalue weighted by Gasteiger charge is -2.35. The molecule has 2 saturated carbocycles. The predicted octanol–water partition coefficient (Wildman–Crippen LogP) is 1.96. The molecule has 2 heterocycles. The Hall–Kier alpha value is -4.34. The minimum atomic E-state index is -1.49. The van der Waals surface area contributed by atoms with Gasteiger partial charge in [0.2, 0.25) is 17.7 Å². The van der Waals surface area contributed by atoms with Crippen LogP contribution in [-0.4, -0.2) is 111 Å². The third-order valence-electron chi connectivity index (χ3n) is 10.0.